The lowest BCUT2D eigenvalue weighted by Gasteiger charge is -2.19. The van der Waals surface area contributed by atoms with E-state index in [0.717, 1.165) is 17.5 Å². The first-order valence-electron chi connectivity index (χ1n) is 9.00. The van der Waals surface area contributed by atoms with Crippen molar-refractivity contribution in [1.82, 2.24) is 15.5 Å². The van der Waals surface area contributed by atoms with Crippen LogP contribution in [0.15, 0.2) is 59.6 Å². The van der Waals surface area contributed by atoms with Crippen LogP contribution in [0.4, 0.5) is 4.39 Å². The Morgan fingerprint density at radius 3 is 2.41 bits per heavy atom. The van der Waals surface area contributed by atoms with Gasteiger partial charge in [-0.2, -0.15) is 0 Å². The van der Waals surface area contributed by atoms with E-state index in [2.05, 4.69) is 15.6 Å². The number of guanidine groups is 1. The van der Waals surface area contributed by atoms with Gasteiger partial charge in [-0.3, -0.25) is 4.79 Å². The van der Waals surface area contributed by atoms with Crippen molar-refractivity contribution in [3.8, 4) is 0 Å². The molecular formula is C21H27FN4O. The molecule has 0 fully saturated rings. The molecule has 0 spiro atoms. The molecule has 2 aromatic rings. The topological polar surface area (TPSA) is 56.7 Å². The summed E-state index contributed by atoms with van der Waals surface area (Å²) in [5, 5.41) is 6.58. The average molecular weight is 370 g/mol. The minimum absolute atomic E-state index is 0.0396. The summed E-state index contributed by atoms with van der Waals surface area (Å²) in [6.07, 6.45) is 0.725. The highest BCUT2D eigenvalue weighted by Crippen LogP contribution is 2.10. The van der Waals surface area contributed by atoms with Crippen molar-refractivity contribution in [3.05, 3.63) is 71.5 Å². The Bertz CT molecular complexity index is 745. The molecule has 0 bridgehead atoms. The van der Waals surface area contributed by atoms with E-state index in [-0.39, 0.29) is 24.3 Å². The maximum Gasteiger partial charge on any atom is 0.243 e. The fourth-order valence-electron chi connectivity index (χ4n) is 2.45. The van der Waals surface area contributed by atoms with Crippen LogP contribution < -0.4 is 10.6 Å². The highest BCUT2D eigenvalue weighted by molar-refractivity contribution is 5.85. The zero-order valence-corrected chi connectivity index (χ0v) is 16.1. The van der Waals surface area contributed by atoms with E-state index < -0.39 is 0 Å². The highest BCUT2D eigenvalue weighted by atomic mass is 19.1. The highest BCUT2D eigenvalue weighted by Gasteiger charge is 2.09. The first kappa shape index (κ1) is 20.4. The summed E-state index contributed by atoms with van der Waals surface area (Å²) in [5.41, 5.74) is 2.16. The number of hydrogen-bond acceptors (Lipinski definition) is 2. The molecule has 27 heavy (non-hydrogen) atoms. The monoisotopic (exact) mass is 370 g/mol. The van der Waals surface area contributed by atoms with Crippen LogP contribution in [0, 0.1) is 5.82 Å². The lowest BCUT2D eigenvalue weighted by molar-refractivity contribution is -0.127. The molecule has 6 heteroatoms. The summed E-state index contributed by atoms with van der Waals surface area (Å²) in [6.45, 7) is 2.73. The third-order valence-electron chi connectivity index (χ3n) is 4.14. The van der Waals surface area contributed by atoms with Crippen LogP contribution in [-0.4, -0.2) is 44.0 Å². The second-order valence-electron chi connectivity index (χ2n) is 6.53. The van der Waals surface area contributed by atoms with Gasteiger partial charge < -0.3 is 15.5 Å². The Morgan fingerprint density at radius 1 is 1.11 bits per heavy atom. The molecule has 0 aliphatic carbocycles. The quantitative estimate of drug-likeness (QED) is 0.582. The predicted octanol–water partition coefficient (Wildman–Crippen LogP) is 2.75. The van der Waals surface area contributed by atoms with Gasteiger partial charge in [0.25, 0.3) is 0 Å². The molecule has 2 aromatic carbocycles. The summed E-state index contributed by atoms with van der Waals surface area (Å²) in [7, 11) is 3.42. The van der Waals surface area contributed by atoms with Crippen molar-refractivity contribution in [2.45, 2.75) is 19.4 Å². The van der Waals surface area contributed by atoms with Crippen molar-refractivity contribution in [3.63, 3.8) is 0 Å². The Kier molecular flexibility index (Phi) is 7.79. The average Bonchev–Trinajstić information content (AvgIpc) is 2.67. The number of hydrogen-bond donors (Lipinski definition) is 2. The summed E-state index contributed by atoms with van der Waals surface area (Å²) < 4.78 is 13.0. The maximum absolute atomic E-state index is 13.0. The minimum Gasteiger partial charge on any atom is -0.356 e. The maximum atomic E-state index is 13.0. The number of carbonyl (C=O) groups is 1. The number of carbonyl (C=O) groups excluding carboxylic acids is 1. The Balaban J connectivity index is 1.98. The largest absolute Gasteiger partial charge is 0.356 e. The molecule has 0 heterocycles. The molecule has 0 aliphatic rings. The van der Waals surface area contributed by atoms with Gasteiger partial charge in [0, 0.05) is 20.6 Å². The number of nitrogens with one attached hydrogen (secondary N) is 2. The van der Waals surface area contributed by atoms with Gasteiger partial charge in [0.1, 0.15) is 12.4 Å². The normalized spacial score (nSPS) is 12.4. The van der Waals surface area contributed by atoms with Crippen molar-refractivity contribution in [2.24, 2.45) is 4.99 Å². The van der Waals surface area contributed by atoms with E-state index in [1.54, 1.807) is 26.2 Å². The third-order valence-corrected chi connectivity index (χ3v) is 4.14. The molecule has 144 valence electrons. The van der Waals surface area contributed by atoms with Crippen LogP contribution in [0.2, 0.25) is 0 Å². The SMILES string of the molecule is CC(NC(=NCC(=O)N(C)C)NCCc1ccc(F)cc1)c1ccccc1. The van der Waals surface area contributed by atoms with Gasteiger partial charge >= 0.3 is 0 Å². The van der Waals surface area contributed by atoms with Crippen LogP contribution in [0.3, 0.4) is 0 Å². The van der Waals surface area contributed by atoms with E-state index in [0.29, 0.717) is 12.5 Å². The molecule has 2 N–H and O–H groups in total. The molecule has 0 radical (unpaired) electrons. The Hall–Kier alpha value is -2.89. The van der Waals surface area contributed by atoms with Gasteiger partial charge in [-0.25, -0.2) is 9.38 Å². The molecule has 1 atom stereocenters. The standard InChI is InChI=1S/C21H27FN4O/c1-16(18-7-5-4-6-8-18)25-21(24-15-20(27)26(2)3)23-14-13-17-9-11-19(22)12-10-17/h4-12,16H,13-15H2,1-3H3,(H2,23,24,25). The van der Waals surface area contributed by atoms with Crippen LogP contribution in [0.25, 0.3) is 0 Å². The summed E-state index contributed by atoms with van der Waals surface area (Å²) in [6, 6.07) is 16.5. The number of benzene rings is 2. The minimum atomic E-state index is -0.241. The number of halogens is 1. The lowest BCUT2D eigenvalue weighted by Crippen LogP contribution is -2.40. The van der Waals surface area contributed by atoms with Gasteiger partial charge in [0.2, 0.25) is 5.91 Å². The first-order chi connectivity index (χ1) is 13.0. The molecule has 1 unspecified atom stereocenters. The summed E-state index contributed by atoms with van der Waals surface area (Å²) in [5.74, 6) is 0.264. The Labute approximate surface area is 160 Å². The number of rotatable bonds is 7. The first-order valence-corrected chi connectivity index (χ1v) is 9.00. The van der Waals surface area contributed by atoms with Crippen LogP contribution in [-0.2, 0) is 11.2 Å². The molecule has 2 rings (SSSR count). The van der Waals surface area contributed by atoms with E-state index >= 15 is 0 Å². The zero-order valence-electron chi connectivity index (χ0n) is 16.1. The molecule has 0 aromatic heterocycles. The van der Waals surface area contributed by atoms with Gasteiger partial charge in [0.15, 0.2) is 5.96 Å². The van der Waals surface area contributed by atoms with Crippen molar-refractivity contribution < 1.29 is 9.18 Å². The van der Waals surface area contributed by atoms with Crippen molar-refractivity contribution >= 4 is 11.9 Å². The van der Waals surface area contributed by atoms with Gasteiger partial charge in [-0.15, -0.1) is 0 Å². The lowest BCUT2D eigenvalue weighted by atomic mass is 10.1. The number of aliphatic imine (C=N–C) groups is 1. The summed E-state index contributed by atoms with van der Waals surface area (Å²) in [4.78, 5) is 17.8. The smallest absolute Gasteiger partial charge is 0.243 e. The van der Waals surface area contributed by atoms with E-state index in [4.69, 9.17) is 0 Å². The van der Waals surface area contributed by atoms with Crippen LogP contribution in [0.1, 0.15) is 24.1 Å². The molecule has 5 nitrogen and oxygen atoms in total. The number of likely N-dealkylation sites (N-methyl/N-ethyl adjacent to an activating group) is 1. The molecule has 0 aliphatic heterocycles. The van der Waals surface area contributed by atoms with E-state index in [1.165, 1.54) is 17.0 Å². The van der Waals surface area contributed by atoms with Crippen molar-refractivity contribution in [1.29, 1.82) is 0 Å². The predicted molar refractivity (Wildman–Crippen MR) is 107 cm³/mol. The molecular weight excluding hydrogens is 343 g/mol. The third kappa shape index (κ3) is 7.09. The Morgan fingerprint density at radius 2 is 1.78 bits per heavy atom. The fourth-order valence-corrected chi connectivity index (χ4v) is 2.45. The van der Waals surface area contributed by atoms with Crippen LogP contribution in [0.5, 0.6) is 0 Å². The van der Waals surface area contributed by atoms with Crippen LogP contribution >= 0.6 is 0 Å². The van der Waals surface area contributed by atoms with E-state index in [1.807, 2.05) is 37.3 Å². The van der Waals surface area contributed by atoms with Crippen molar-refractivity contribution in [2.75, 3.05) is 27.2 Å². The number of amides is 1. The zero-order chi connectivity index (χ0) is 19.6. The number of nitrogens with zero attached hydrogens (tertiary/aromatic N) is 2. The van der Waals surface area contributed by atoms with Gasteiger partial charge in [-0.05, 0) is 36.6 Å². The second-order valence-corrected chi connectivity index (χ2v) is 6.53. The fraction of sp³-hybridized carbons (Fsp3) is 0.333. The summed E-state index contributed by atoms with van der Waals surface area (Å²) >= 11 is 0. The second kappa shape index (κ2) is 10.3. The van der Waals surface area contributed by atoms with Gasteiger partial charge in [-0.1, -0.05) is 42.5 Å². The molecule has 0 saturated heterocycles. The van der Waals surface area contributed by atoms with Gasteiger partial charge in [0.05, 0.1) is 6.04 Å². The van der Waals surface area contributed by atoms with E-state index in [9.17, 15) is 9.18 Å². The molecule has 0 saturated carbocycles. The molecule has 1 amide bonds.